The number of nitrogens with zero attached hydrogens (tertiary/aromatic N) is 1. The van der Waals surface area contributed by atoms with E-state index in [2.05, 4.69) is 0 Å². The molecule has 1 saturated carbocycles. The molecule has 1 atom stereocenters. The molecule has 0 heterocycles. The molecule has 1 N–H and O–H groups in total. The molecule has 6 heteroatoms. The molecule has 0 saturated heterocycles. The average Bonchev–Trinajstić information content (AvgIpc) is 2.47. The fourth-order valence-electron chi connectivity index (χ4n) is 2.72. The Morgan fingerprint density at radius 1 is 1.40 bits per heavy atom. The second-order valence-corrected chi connectivity index (χ2v) is 7.62. The summed E-state index contributed by atoms with van der Waals surface area (Å²) in [7, 11) is 0. The molecule has 1 fully saturated rings. The highest BCUT2D eigenvalue weighted by atomic mass is 35.5. The number of carboxylic acids is 1. The normalized spacial score (nSPS) is 15.6. The lowest BCUT2D eigenvalue weighted by Gasteiger charge is -2.36. The van der Waals surface area contributed by atoms with E-state index in [4.69, 9.17) is 22.8 Å². The van der Waals surface area contributed by atoms with Crippen LogP contribution < -0.4 is 9.64 Å². The van der Waals surface area contributed by atoms with Gasteiger partial charge in [-0.15, -0.1) is 6.42 Å². The molecule has 0 bridgehead atoms. The van der Waals surface area contributed by atoms with Gasteiger partial charge >= 0.3 is 11.9 Å². The fraction of sp³-hybridized carbons (Fsp3) is 0.474. The Hall–Kier alpha value is -2.19. The quantitative estimate of drug-likeness (QED) is 0.809. The Balaban J connectivity index is 2.41. The summed E-state index contributed by atoms with van der Waals surface area (Å²) in [5.74, 6) is 0.657. The van der Waals surface area contributed by atoms with Gasteiger partial charge in [0.15, 0.2) is 0 Å². The van der Waals surface area contributed by atoms with Crippen molar-refractivity contribution in [1.82, 2.24) is 0 Å². The van der Waals surface area contributed by atoms with Crippen molar-refractivity contribution in [3.05, 3.63) is 23.2 Å². The summed E-state index contributed by atoms with van der Waals surface area (Å²) < 4.78 is 5.79. The number of amides is 1. The van der Waals surface area contributed by atoms with Gasteiger partial charge in [0.25, 0.3) is 0 Å². The molecule has 1 aromatic rings. The third kappa shape index (κ3) is 4.26. The largest absolute Gasteiger partial charge is 0.489 e. The molecule has 5 nitrogen and oxygen atoms in total. The van der Waals surface area contributed by atoms with Gasteiger partial charge in [0.2, 0.25) is 0 Å². The van der Waals surface area contributed by atoms with Crippen LogP contribution >= 0.6 is 11.6 Å². The van der Waals surface area contributed by atoms with Crippen molar-refractivity contribution in [2.45, 2.75) is 52.2 Å². The van der Waals surface area contributed by atoms with Crippen LogP contribution in [0.5, 0.6) is 5.75 Å². The van der Waals surface area contributed by atoms with Crippen LogP contribution in [-0.2, 0) is 9.59 Å². The van der Waals surface area contributed by atoms with E-state index < -0.39 is 23.3 Å². The van der Waals surface area contributed by atoms with E-state index in [1.54, 1.807) is 32.9 Å². The van der Waals surface area contributed by atoms with Crippen LogP contribution in [-0.4, -0.2) is 29.1 Å². The number of anilines is 1. The van der Waals surface area contributed by atoms with E-state index in [1.807, 2.05) is 5.92 Å². The lowest BCUT2D eigenvalue weighted by Crippen LogP contribution is -2.52. The van der Waals surface area contributed by atoms with Crippen LogP contribution in [0.15, 0.2) is 18.2 Å². The molecular weight excluding hydrogens is 342 g/mol. The van der Waals surface area contributed by atoms with E-state index in [1.165, 1.54) is 6.07 Å². The van der Waals surface area contributed by atoms with Crippen LogP contribution in [0.1, 0.15) is 40.0 Å². The first-order valence-corrected chi connectivity index (χ1v) is 8.51. The smallest absolute Gasteiger partial charge is 0.327 e. The van der Waals surface area contributed by atoms with Crippen molar-refractivity contribution in [3.63, 3.8) is 0 Å². The second kappa shape index (κ2) is 7.37. The minimum absolute atomic E-state index is 0.160. The molecule has 0 aromatic heterocycles. The van der Waals surface area contributed by atoms with Crippen LogP contribution in [0.2, 0.25) is 5.02 Å². The summed E-state index contributed by atoms with van der Waals surface area (Å²) in [4.78, 5) is 25.2. The number of carbonyl (C=O) groups is 2. The Kier molecular flexibility index (Phi) is 5.64. The standard InChI is InChI=1S/C19H22ClNO4/c1-5-16(22)21(17(18(23)24)19(2,3)4)12-9-10-15(14(20)11-12)25-13-7-6-8-13/h1,9-11,13,17H,6-8H2,2-4H3,(H,23,24). The van der Waals surface area contributed by atoms with Crippen molar-refractivity contribution in [1.29, 1.82) is 0 Å². The maximum Gasteiger partial charge on any atom is 0.327 e. The topological polar surface area (TPSA) is 66.8 Å². The van der Waals surface area contributed by atoms with Gasteiger partial charge in [0, 0.05) is 5.69 Å². The van der Waals surface area contributed by atoms with E-state index >= 15 is 0 Å². The lowest BCUT2D eigenvalue weighted by molar-refractivity contribution is -0.142. The van der Waals surface area contributed by atoms with Crippen LogP contribution in [0, 0.1) is 17.8 Å². The van der Waals surface area contributed by atoms with Gasteiger partial charge in [0.1, 0.15) is 11.8 Å². The number of carboxylic acid groups (broad SMARTS) is 1. The molecule has 134 valence electrons. The number of carbonyl (C=O) groups excluding carboxylic acids is 1. The number of hydrogen-bond donors (Lipinski definition) is 1. The van der Waals surface area contributed by atoms with Crippen molar-refractivity contribution in [2.24, 2.45) is 5.41 Å². The van der Waals surface area contributed by atoms with Gasteiger partial charge in [-0.1, -0.05) is 32.4 Å². The average molecular weight is 364 g/mol. The van der Waals surface area contributed by atoms with Gasteiger partial charge in [-0.3, -0.25) is 9.69 Å². The molecule has 1 unspecified atom stereocenters. The Labute approximate surface area is 152 Å². The van der Waals surface area contributed by atoms with Crippen LogP contribution in [0.25, 0.3) is 0 Å². The monoisotopic (exact) mass is 363 g/mol. The first-order chi connectivity index (χ1) is 11.6. The highest BCUT2D eigenvalue weighted by molar-refractivity contribution is 6.32. The highest BCUT2D eigenvalue weighted by Gasteiger charge is 2.40. The van der Waals surface area contributed by atoms with Crippen molar-refractivity contribution >= 4 is 29.2 Å². The molecule has 1 aliphatic carbocycles. The number of rotatable bonds is 5. The Bertz CT molecular complexity index is 713. The predicted octanol–water partition coefficient (Wildman–Crippen LogP) is 3.74. The molecule has 2 rings (SSSR count). The molecule has 1 aliphatic rings. The summed E-state index contributed by atoms with van der Waals surface area (Å²) in [5.41, 5.74) is -0.400. The molecule has 0 radical (unpaired) electrons. The zero-order valence-corrected chi connectivity index (χ0v) is 15.3. The molecule has 1 aromatic carbocycles. The summed E-state index contributed by atoms with van der Waals surface area (Å²) in [6.45, 7) is 5.20. The predicted molar refractivity (Wildman–Crippen MR) is 96.9 cm³/mol. The van der Waals surface area contributed by atoms with Gasteiger partial charge < -0.3 is 9.84 Å². The summed E-state index contributed by atoms with van der Waals surface area (Å²) in [6.07, 6.45) is 8.54. The van der Waals surface area contributed by atoms with Crippen molar-refractivity contribution < 1.29 is 19.4 Å². The number of ether oxygens (including phenoxy) is 1. The number of aliphatic carboxylic acids is 1. The van der Waals surface area contributed by atoms with Gasteiger partial charge in [-0.05, 0) is 48.8 Å². The van der Waals surface area contributed by atoms with Gasteiger partial charge in [0.05, 0.1) is 11.1 Å². The minimum atomic E-state index is -1.14. The van der Waals surface area contributed by atoms with Gasteiger partial charge in [-0.2, -0.15) is 0 Å². The lowest BCUT2D eigenvalue weighted by atomic mass is 9.85. The van der Waals surface area contributed by atoms with E-state index in [9.17, 15) is 14.7 Å². The van der Waals surface area contributed by atoms with E-state index in [0.29, 0.717) is 16.5 Å². The molecule has 1 amide bonds. The van der Waals surface area contributed by atoms with E-state index in [-0.39, 0.29) is 6.10 Å². The summed E-state index contributed by atoms with van der Waals surface area (Å²) in [6, 6.07) is 3.64. The maximum absolute atomic E-state index is 12.3. The zero-order valence-electron chi connectivity index (χ0n) is 14.6. The second-order valence-electron chi connectivity index (χ2n) is 7.21. The first-order valence-electron chi connectivity index (χ1n) is 8.14. The molecule has 0 spiro atoms. The molecule has 25 heavy (non-hydrogen) atoms. The van der Waals surface area contributed by atoms with Crippen LogP contribution in [0.3, 0.4) is 0 Å². The summed E-state index contributed by atoms with van der Waals surface area (Å²) >= 11 is 6.28. The van der Waals surface area contributed by atoms with Crippen molar-refractivity contribution in [2.75, 3.05) is 4.90 Å². The number of hydrogen-bond acceptors (Lipinski definition) is 3. The first kappa shape index (κ1) is 19.1. The highest BCUT2D eigenvalue weighted by Crippen LogP contribution is 2.36. The Morgan fingerprint density at radius 2 is 2.04 bits per heavy atom. The molecular formula is C19H22ClNO4. The zero-order chi connectivity index (χ0) is 18.8. The maximum atomic E-state index is 12.3. The molecule has 0 aliphatic heterocycles. The third-order valence-electron chi connectivity index (χ3n) is 4.19. The third-order valence-corrected chi connectivity index (χ3v) is 4.49. The Morgan fingerprint density at radius 3 is 2.44 bits per heavy atom. The van der Waals surface area contributed by atoms with Gasteiger partial charge in [-0.25, -0.2) is 4.79 Å². The number of halogens is 1. The van der Waals surface area contributed by atoms with Crippen LogP contribution in [0.4, 0.5) is 5.69 Å². The number of terminal acetylenes is 1. The van der Waals surface area contributed by atoms with Crippen molar-refractivity contribution in [3.8, 4) is 18.1 Å². The van der Waals surface area contributed by atoms with E-state index in [0.717, 1.165) is 24.2 Å². The number of benzene rings is 1. The summed E-state index contributed by atoms with van der Waals surface area (Å²) in [5, 5.41) is 9.96. The minimum Gasteiger partial charge on any atom is -0.489 e. The SMILES string of the molecule is C#CC(=O)N(c1ccc(OC2CCC2)c(Cl)c1)C(C(=O)O)C(C)(C)C. The fourth-order valence-corrected chi connectivity index (χ4v) is 2.94.